The molecule has 1 heterocycles. The van der Waals surface area contributed by atoms with Gasteiger partial charge >= 0.3 is 0 Å². The van der Waals surface area contributed by atoms with Crippen LogP contribution in [0.3, 0.4) is 0 Å². The van der Waals surface area contributed by atoms with Crippen LogP contribution in [-0.4, -0.2) is 19.0 Å². The quantitative estimate of drug-likeness (QED) is 0.864. The molecule has 0 spiro atoms. The number of halogens is 1. The first-order valence-corrected chi connectivity index (χ1v) is 6.21. The molecular formula is C13H17ClN2O. The molecule has 92 valence electrons. The van der Waals surface area contributed by atoms with E-state index >= 15 is 0 Å². The van der Waals surface area contributed by atoms with Crippen molar-refractivity contribution in [2.75, 3.05) is 13.1 Å². The van der Waals surface area contributed by atoms with Gasteiger partial charge in [0.15, 0.2) is 0 Å². The van der Waals surface area contributed by atoms with Crippen LogP contribution in [-0.2, 0) is 11.3 Å². The lowest BCUT2D eigenvalue weighted by atomic mass is 9.89. The van der Waals surface area contributed by atoms with Gasteiger partial charge in [-0.2, -0.15) is 0 Å². The Bertz CT molecular complexity index is 414. The maximum atomic E-state index is 12.0. The molecule has 4 heteroatoms. The van der Waals surface area contributed by atoms with E-state index in [0.717, 1.165) is 25.1 Å². The molecule has 2 N–H and O–H groups in total. The Labute approximate surface area is 107 Å². The van der Waals surface area contributed by atoms with Gasteiger partial charge < -0.3 is 10.6 Å². The zero-order chi connectivity index (χ0) is 12.3. The Kier molecular flexibility index (Phi) is 3.69. The molecule has 1 fully saturated rings. The van der Waals surface area contributed by atoms with Crippen LogP contribution in [0.1, 0.15) is 18.9 Å². The molecule has 1 aromatic rings. The maximum absolute atomic E-state index is 12.0. The molecular weight excluding hydrogens is 236 g/mol. The average Bonchev–Trinajstić information content (AvgIpc) is 2.74. The summed E-state index contributed by atoms with van der Waals surface area (Å²) in [5.74, 6) is 0.113. The minimum atomic E-state index is -0.265. The average molecular weight is 253 g/mol. The third-order valence-corrected chi connectivity index (χ3v) is 3.49. The van der Waals surface area contributed by atoms with Gasteiger partial charge in [-0.15, -0.1) is 0 Å². The van der Waals surface area contributed by atoms with Crippen LogP contribution < -0.4 is 10.6 Å². The Morgan fingerprint density at radius 3 is 3.06 bits per heavy atom. The van der Waals surface area contributed by atoms with Gasteiger partial charge in [0.05, 0.1) is 5.41 Å². The number of hydrogen-bond donors (Lipinski definition) is 2. The molecule has 1 unspecified atom stereocenters. The molecule has 1 aromatic carbocycles. The van der Waals surface area contributed by atoms with Crippen molar-refractivity contribution in [2.24, 2.45) is 5.41 Å². The minimum Gasteiger partial charge on any atom is -0.352 e. The molecule has 0 aromatic heterocycles. The highest BCUT2D eigenvalue weighted by molar-refractivity contribution is 6.30. The van der Waals surface area contributed by atoms with Crippen LogP contribution in [0.25, 0.3) is 0 Å². The van der Waals surface area contributed by atoms with Crippen LogP contribution >= 0.6 is 11.6 Å². The number of amides is 1. The SMILES string of the molecule is CC1(C(=O)NCc2cccc(Cl)c2)CCNC1. The highest BCUT2D eigenvalue weighted by Gasteiger charge is 2.35. The molecule has 1 aliphatic heterocycles. The number of nitrogens with one attached hydrogen (secondary N) is 2. The minimum absolute atomic E-state index is 0.113. The topological polar surface area (TPSA) is 41.1 Å². The number of hydrogen-bond acceptors (Lipinski definition) is 2. The fraction of sp³-hybridized carbons (Fsp3) is 0.462. The van der Waals surface area contributed by atoms with E-state index in [-0.39, 0.29) is 11.3 Å². The summed E-state index contributed by atoms with van der Waals surface area (Å²) in [7, 11) is 0. The van der Waals surface area contributed by atoms with Crippen molar-refractivity contribution in [1.82, 2.24) is 10.6 Å². The second-order valence-electron chi connectivity index (χ2n) is 4.80. The molecule has 1 saturated heterocycles. The van der Waals surface area contributed by atoms with Crippen molar-refractivity contribution in [3.8, 4) is 0 Å². The number of rotatable bonds is 3. The maximum Gasteiger partial charge on any atom is 0.227 e. The Balaban J connectivity index is 1.92. The molecule has 0 aliphatic carbocycles. The van der Waals surface area contributed by atoms with E-state index < -0.39 is 0 Å². The summed E-state index contributed by atoms with van der Waals surface area (Å²) < 4.78 is 0. The number of carbonyl (C=O) groups excluding carboxylic acids is 1. The smallest absolute Gasteiger partial charge is 0.227 e. The first kappa shape index (κ1) is 12.4. The van der Waals surface area contributed by atoms with E-state index in [1.807, 2.05) is 31.2 Å². The summed E-state index contributed by atoms with van der Waals surface area (Å²) in [6.07, 6.45) is 0.897. The van der Waals surface area contributed by atoms with Crippen molar-refractivity contribution in [1.29, 1.82) is 0 Å². The lowest BCUT2D eigenvalue weighted by Gasteiger charge is -2.21. The van der Waals surface area contributed by atoms with Crippen molar-refractivity contribution >= 4 is 17.5 Å². The largest absolute Gasteiger partial charge is 0.352 e. The second-order valence-corrected chi connectivity index (χ2v) is 5.24. The van der Waals surface area contributed by atoms with Crippen molar-refractivity contribution in [3.63, 3.8) is 0 Å². The van der Waals surface area contributed by atoms with Crippen LogP contribution in [0.5, 0.6) is 0 Å². The highest BCUT2D eigenvalue weighted by Crippen LogP contribution is 2.24. The zero-order valence-corrected chi connectivity index (χ0v) is 10.7. The van der Waals surface area contributed by atoms with Crippen molar-refractivity contribution in [2.45, 2.75) is 19.9 Å². The van der Waals surface area contributed by atoms with E-state index in [0.29, 0.717) is 11.6 Å². The fourth-order valence-corrected chi connectivity index (χ4v) is 2.27. The highest BCUT2D eigenvalue weighted by atomic mass is 35.5. The molecule has 17 heavy (non-hydrogen) atoms. The number of benzene rings is 1. The van der Waals surface area contributed by atoms with Crippen LogP contribution in [0.4, 0.5) is 0 Å². The third-order valence-electron chi connectivity index (χ3n) is 3.26. The Hall–Kier alpha value is -1.06. The first-order valence-electron chi connectivity index (χ1n) is 5.84. The summed E-state index contributed by atoms with van der Waals surface area (Å²) in [4.78, 5) is 12.0. The van der Waals surface area contributed by atoms with Gasteiger partial charge in [0.1, 0.15) is 0 Å². The van der Waals surface area contributed by atoms with E-state index in [2.05, 4.69) is 10.6 Å². The fourth-order valence-electron chi connectivity index (χ4n) is 2.05. The molecule has 0 radical (unpaired) electrons. The van der Waals surface area contributed by atoms with E-state index in [1.165, 1.54) is 0 Å². The van der Waals surface area contributed by atoms with Gasteiger partial charge in [-0.05, 0) is 37.6 Å². The molecule has 0 bridgehead atoms. The van der Waals surface area contributed by atoms with Gasteiger partial charge in [-0.25, -0.2) is 0 Å². The van der Waals surface area contributed by atoms with Crippen molar-refractivity contribution in [3.05, 3.63) is 34.9 Å². The van der Waals surface area contributed by atoms with E-state index in [1.54, 1.807) is 0 Å². The Morgan fingerprint density at radius 1 is 1.59 bits per heavy atom. The summed E-state index contributed by atoms with van der Waals surface area (Å²) in [6.45, 7) is 4.21. The molecule has 1 aliphatic rings. The monoisotopic (exact) mass is 252 g/mol. The standard InChI is InChI=1S/C13H17ClN2O/c1-13(5-6-15-9-13)12(17)16-8-10-3-2-4-11(14)7-10/h2-4,7,15H,5-6,8-9H2,1H3,(H,16,17). The van der Waals surface area contributed by atoms with Crippen LogP contribution in [0.2, 0.25) is 5.02 Å². The first-order chi connectivity index (χ1) is 8.10. The predicted octanol–water partition coefficient (Wildman–Crippen LogP) is 1.96. The third kappa shape index (κ3) is 2.99. The van der Waals surface area contributed by atoms with Gasteiger partial charge in [0, 0.05) is 18.1 Å². The summed E-state index contributed by atoms with van der Waals surface area (Å²) >= 11 is 5.89. The second kappa shape index (κ2) is 5.07. The van der Waals surface area contributed by atoms with E-state index in [9.17, 15) is 4.79 Å². The summed E-state index contributed by atoms with van der Waals surface area (Å²) in [5, 5.41) is 6.89. The molecule has 0 saturated carbocycles. The number of carbonyl (C=O) groups is 1. The van der Waals surface area contributed by atoms with Gasteiger partial charge in [-0.1, -0.05) is 23.7 Å². The summed E-state index contributed by atoms with van der Waals surface area (Å²) in [5.41, 5.74) is 0.763. The van der Waals surface area contributed by atoms with Gasteiger partial charge in [-0.3, -0.25) is 4.79 Å². The molecule has 3 nitrogen and oxygen atoms in total. The molecule has 1 atom stereocenters. The van der Waals surface area contributed by atoms with Crippen LogP contribution in [0, 0.1) is 5.41 Å². The lowest BCUT2D eigenvalue weighted by Crippen LogP contribution is -2.39. The lowest BCUT2D eigenvalue weighted by molar-refractivity contribution is -0.129. The van der Waals surface area contributed by atoms with Crippen LogP contribution in [0.15, 0.2) is 24.3 Å². The van der Waals surface area contributed by atoms with Crippen molar-refractivity contribution < 1.29 is 4.79 Å². The molecule has 2 rings (SSSR count). The van der Waals surface area contributed by atoms with Gasteiger partial charge in [0.2, 0.25) is 5.91 Å². The Morgan fingerprint density at radius 2 is 2.41 bits per heavy atom. The zero-order valence-electron chi connectivity index (χ0n) is 9.92. The summed E-state index contributed by atoms with van der Waals surface area (Å²) in [6, 6.07) is 7.55. The van der Waals surface area contributed by atoms with Gasteiger partial charge in [0.25, 0.3) is 0 Å². The van der Waals surface area contributed by atoms with E-state index in [4.69, 9.17) is 11.6 Å². The molecule has 1 amide bonds. The predicted molar refractivity (Wildman–Crippen MR) is 68.9 cm³/mol. The normalized spacial score (nSPS) is 23.6.